The molecule has 0 aromatic heterocycles. The summed E-state index contributed by atoms with van der Waals surface area (Å²) in [5.74, 6) is 0.277. The number of benzene rings is 4. The number of halogens is 1. The molecule has 0 atom stereocenters. The maximum atomic E-state index is 12.1. The number of hydrogen-bond acceptors (Lipinski definition) is 3. The van der Waals surface area contributed by atoms with Crippen LogP contribution in [0.2, 0.25) is 0 Å². The summed E-state index contributed by atoms with van der Waals surface area (Å²) in [5.41, 5.74) is 1.48. The van der Waals surface area contributed by atoms with E-state index < -0.39 is 5.31 Å². The maximum absolute atomic E-state index is 12.1. The van der Waals surface area contributed by atoms with Gasteiger partial charge in [-0.25, -0.2) is 0 Å². The number of methoxy groups -OCH3 is 2. The molecule has 0 spiro atoms. The Morgan fingerprint density at radius 2 is 1.18 bits per heavy atom. The molecule has 4 aromatic rings. The first-order valence-corrected chi connectivity index (χ1v) is 15.1. The van der Waals surface area contributed by atoms with Gasteiger partial charge < -0.3 is 0 Å². The molecular formula is C28H26BrO3P. The van der Waals surface area contributed by atoms with Gasteiger partial charge in [0.25, 0.3) is 0 Å². The molecule has 168 valence electrons. The van der Waals surface area contributed by atoms with E-state index >= 15 is 0 Å². The average Bonchev–Trinajstić information content (AvgIpc) is 2.90. The molecule has 0 aliphatic carbocycles. The summed E-state index contributed by atoms with van der Waals surface area (Å²) in [4.78, 5) is 12.1. The first-order valence-electron chi connectivity index (χ1n) is 10.7. The van der Waals surface area contributed by atoms with Crippen molar-refractivity contribution < 1.29 is 14.3 Å². The molecule has 0 aliphatic heterocycles. The van der Waals surface area contributed by atoms with Gasteiger partial charge in [-0.2, -0.15) is 0 Å². The Hall–Kier alpha value is -2.94. The van der Waals surface area contributed by atoms with Crippen LogP contribution < -0.4 is 20.7 Å². The number of esters is 1. The Bertz CT molecular complexity index is 1140. The molecule has 0 aliphatic rings. The van der Waals surface area contributed by atoms with Gasteiger partial charge in [0.05, 0.1) is 0 Å². The Balaban J connectivity index is 2.04. The van der Waals surface area contributed by atoms with Gasteiger partial charge >= 0.3 is 203 Å². The number of carbonyl (C=O) groups is 1. The monoisotopic (exact) mass is 520 g/mol. The Morgan fingerprint density at radius 3 is 1.58 bits per heavy atom. The molecule has 3 nitrogen and oxygen atoms in total. The van der Waals surface area contributed by atoms with Crippen LogP contribution in [0.15, 0.2) is 109 Å². The normalized spacial score (nSPS) is 12.4. The minimum atomic E-state index is -3.17. The summed E-state index contributed by atoms with van der Waals surface area (Å²) in [6, 6.07) is 37.3. The number of carbonyl (C=O) groups excluding carboxylic acids is 1. The van der Waals surface area contributed by atoms with E-state index in [1.807, 2.05) is 24.3 Å². The Morgan fingerprint density at radius 1 is 0.727 bits per heavy atom. The van der Waals surface area contributed by atoms with E-state index in [1.165, 1.54) is 23.0 Å². The van der Waals surface area contributed by atoms with Crippen molar-refractivity contribution in [3.05, 3.63) is 120 Å². The molecule has 5 heteroatoms. The van der Waals surface area contributed by atoms with Crippen molar-refractivity contribution in [3.63, 3.8) is 0 Å². The van der Waals surface area contributed by atoms with Crippen LogP contribution >= 0.6 is 20.8 Å². The van der Waals surface area contributed by atoms with Crippen molar-refractivity contribution in [2.45, 2.75) is 6.16 Å². The zero-order valence-corrected chi connectivity index (χ0v) is 21.1. The third-order valence-electron chi connectivity index (χ3n) is 6.06. The van der Waals surface area contributed by atoms with Crippen LogP contribution in [0.25, 0.3) is 0 Å². The van der Waals surface area contributed by atoms with E-state index in [9.17, 15) is 4.79 Å². The van der Waals surface area contributed by atoms with Crippen LogP contribution in [0.3, 0.4) is 0 Å². The molecule has 4 aromatic carbocycles. The van der Waals surface area contributed by atoms with Crippen LogP contribution in [0.4, 0.5) is 0 Å². The van der Waals surface area contributed by atoms with Crippen LogP contribution in [-0.4, -0.2) is 20.2 Å². The van der Waals surface area contributed by atoms with E-state index in [1.54, 1.807) is 19.2 Å². The van der Waals surface area contributed by atoms with Gasteiger partial charge in [-0.05, 0) is 0 Å². The Labute approximate surface area is 203 Å². The third kappa shape index (κ3) is 4.10. The fraction of sp³-hybridized carbons (Fsp3) is 0.107. The summed E-state index contributed by atoms with van der Waals surface area (Å²) in [7, 11) is 3.02. The van der Waals surface area contributed by atoms with Crippen LogP contribution in [-0.2, 0) is 10.9 Å². The fourth-order valence-corrected chi connectivity index (χ4v) is 12.0. The minimum absolute atomic E-state index is 0.384. The van der Waals surface area contributed by atoms with Crippen molar-refractivity contribution >= 4 is 42.7 Å². The van der Waals surface area contributed by atoms with E-state index in [0.29, 0.717) is 17.5 Å². The van der Waals surface area contributed by atoms with Gasteiger partial charge in [-0.1, -0.05) is 0 Å². The standard InChI is InChI=1S/C28H26BrO3P/c1-31-27-20-22(28(30)32-2)18-19-23(27)21-33(29,24-12-6-3-7-13-24,25-14-8-4-9-15-25)26-16-10-5-11-17-26/h3-20H,21H2,1-2H3. The predicted octanol–water partition coefficient (Wildman–Crippen LogP) is 5.82. The van der Waals surface area contributed by atoms with Gasteiger partial charge in [-0.15, -0.1) is 0 Å². The van der Waals surface area contributed by atoms with Gasteiger partial charge in [0, 0.05) is 0 Å². The van der Waals surface area contributed by atoms with Gasteiger partial charge in [0.1, 0.15) is 0 Å². The summed E-state index contributed by atoms with van der Waals surface area (Å²) in [6.45, 7) is 0. The van der Waals surface area contributed by atoms with Gasteiger partial charge in [0.2, 0.25) is 0 Å². The molecule has 0 fully saturated rings. The molecule has 0 heterocycles. The first kappa shape index (κ1) is 23.2. The summed E-state index contributed by atoms with van der Waals surface area (Å²) >= 11 is 4.46. The summed E-state index contributed by atoms with van der Waals surface area (Å²) < 4.78 is 10.7. The second-order valence-corrected chi connectivity index (χ2v) is 16.8. The first-order chi connectivity index (χ1) is 16.0. The average molecular weight is 521 g/mol. The third-order valence-corrected chi connectivity index (χ3v) is 15.6. The van der Waals surface area contributed by atoms with Crippen LogP contribution in [0, 0.1) is 0 Å². The molecule has 33 heavy (non-hydrogen) atoms. The molecule has 0 bridgehead atoms. The fourth-order valence-electron chi connectivity index (χ4n) is 4.38. The zero-order chi connectivity index (χ0) is 23.3. The topological polar surface area (TPSA) is 35.5 Å². The molecule has 0 radical (unpaired) electrons. The molecule has 0 unspecified atom stereocenters. The molecule has 0 saturated heterocycles. The molecule has 4 rings (SSSR count). The number of hydrogen-bond donors (Lipinski definition) is 0. The summed E-state index contributed by atoms with van der Waals surface area (Å²) in [6.07, 6.45) is 0.675. The van der Waals surface area contributed by atoms with Crippen LogP contribution in [0.5, 0.6) is 5.75 Å². The second kappa shape index (κ2) is 9.51. The van der Waals surface area contributed by atoms with E-state index in [0.717, 1.165) is 5.56 Å². The van der Waals surface area contributed by atoms with Crippen LogP contribution in [0.1, 0.15) is 15.9 Å². The quantitative estimate of drug-likeness (QED) is 0.227. The zero-order valence-electron chi connectivity index (χ0n) is 18.6. The van der Waals surface area contributed by atoms with E-state index in [4.69, 9.17) is 9.47 Å². The van der Waals surface area contributed by atoms with Crippen molar-refractivity contribution in [3.8, 4) is 5.75 Å². The number of ether oxygens (including phenoxy) is 2. The van der Waals surface area contributed by atoms with E-state index in [-0.39, 0.29) is 5.97 Å². The second-order valence-electron chi connectivity index (χ2n) is 7.87. The molecule has 0 saturated carbocycles. The van der Waals surface area contributed by atoms with Gasteiger partial charge in [-0.3, -0.25) is 0 Å². The van der Waals surface area contributed by atoms with Crippen molar-refractivity contribution in [2.75, 3.05) is 14.2 Å². The molecule has 0 amide bonds. The predicted molar refractivity (Wildman–Crippen MR) is 142 cm³/mol. The van der Waals surface area contributed by atoms with Crippen molar-refractivity contribution in [1.82, 2.24) is 0 Å². The molecular weight excluding hydrogens is 495 g/mol. The van der Waals surface area contributed by atoms with Crippen molar-refractivity contribution in [1.29, 1.82) is 0 Å². The SMILES string of the molecule is COC(=O)c1ccc(CP(Br)(c2ccccc2)(c2ccccc2)c2ccccc2)c(OC)c1. The summed E-state index contributed by atoms with van der Waals surface area (Å²) in [5, 5.41) is 0.497. The Kier molecular flexibility index (Phi) is 6.69. The van der Waals surface area contributed by atoms with Gasteiger partial charge in [0.15, 0.2) is 0 Å². The number of rotatable bonds is 7. The van der Waals surface area contributed by atoms with E-state index in [2.05, 4.69) is 88.3 Å². The van der Waals surface area contributed by atoms with Crippen molar-refractivity contribution in [2.24, 2.45) is 0 Å². The molecule has 0 N–H and O–H groups in total.